The Morgan fingerprint density at radius 3 is 0.632 bits per heavy atom. The lowest BCUT2D eigenvalue weighted by atomic mass is 10.1. The van der Waals surface area contributed by atoms with E-state index in [0.29, 0.717) is 26.4 Å². The van der Waals surface area contributed by atoms with Crippen LogP contribution in [0.3, 0.4) is 0 Å². The Labute approximate surface area is 405 Å². The summed E-state index contributed by atoms with van der Waals surface area (Å²) >= 11 is 0. The summed E-state index contributed by atoms with van der Waals surface area (Å²) in [7, 11) is -1.53. The highest BCUT2D eigenvalue weighted by Gasteiger charge is 2.21. The molecular formula is C62H56O4P2. The average molecular weight is 927 g/mol. The van der Waals surface area contributed by atoms with Gasteiger partial charge in [-0.15, -0.1) is 0 Å². The van der Waals surface area contributed by atoms with Crippen LogP contribution in [-0.4, -0.2) is 12.3 Å². The van der Waals surface area contributed by atoms with Crippen LogP contribution in [0.25, 0.3) is 24.3 Å². The first kappa shape index (κ1) is 47.3. The Bertz CT molecular complexity index is 2450. The SMILES string of the molecule is C=Cc1ccc(COc2ccc(P(CCP(c3ccc(OCc4ccc(C=C)cc4)cc3)c3ccc(OCc4ccc(C=C)cc4)cc3)c3ccc(OCc4ccc(C=C)cc4)cc3)cc2)cc1. The van der Waals surface area contributed by atoms with Crippen molar-refractivity contribution >= 4 is 61.4 Å². The highest BCUT2D eigenvalue weighted by atomic mass is 31.1. The monoisotopic (exact) mass is 926 g/mol. The van der Waals surface area contributed by atoms with Crippen LogP contribution in [0.15, 0.2) is 220 Å². The van der Waals surface area contributed by atoms with E-state index in [1.807, 2.05) is 24.3 Å². The smallest absolute Gasteiger partial charge is 0.119 e. The first-order chi connectivity index (χ1) is 33.4. The van der Waals surface area contributed by atoms with Gasteiger partial charge in [-0.3, -0.25) is 0 Å². The molecule has 338 valence electrons. The van der Waals surface area contributed by atoms with Crippen molar-refractivity contribution in [3.05, 3.63) is 265 Å². The van der Waals surface area contributed by atoms with Crippen LogP contribution < -0.4 is 40.2 Å². The molecule has 0 atom stereocenters. The van der Waals surface area contributed by atoms with Crippen molar-refractivity contribution in [2.75, 3.05) is 12.3 Å². The van der Waals surface area contributed by atoms with Gasteiger partial charge >= 0.3 is 0 Å². The van der Waals surface area contributed by atoms with Crippen molar-refractivity contribution < 1.29 is 18.9 Å². The molecule has 0 amide bonds. The van der Waals surface area contributed by atoms with E-state index in [9.17, 15) is 0 Å². The maximum atomic E-state index is 6.27. The second-order valence-electron chi connectivity index (χ2n) is 16.2. The Morgan fingerprint density at radius 1 is 0.265 bits per heavy atom. The fourth-order valence-electron chi connectivity index (χ4n) is 7.57. The third-order valence-corrected chi connectivity index (χ3v) is 17.0. The van der Waals surface area contributed by atoms with E-state index in [1.54, 1.807) is 0 Å². The Balaban J connectivity index is 1.03. The summed E-state index contributed by atoms with van der Waals surface area (Å²) in [6.07, 6.45) is 9.36. The van der Waals surface area contributed by atoms with Crippen LogP contribution in [0, 0.1) is 0 Å². The first-order valence-corrected chi connectivity index (χ1v) is 25.8. The highest BCUT2D eigenvalue weighted by molar-refractivity contribution is 7.76. The zero-order valence-corrected chi connectivity index (χ0v) is 40.2. The number of hydrogen-bond donors (Lipinski definition) is 0. The number of hydrogen-bond acceptors (Lipinski definition) is 4. The maximum absolute atomic E-state index is 6.27. The Hall–Kier alpha value is -7.22. The van der Waals surface area contributed by atoms with Gasteiger partial charge in [0.15, 0.2) is 0 Å². The normalized spacial score (nSPS) is 10.9. The Kier molecular flexibility index (Phi) is 16.7. The summed E-state index contributed by atoms with van der Waals surface area (Å²) in [5.41, 5.74) is 8.82. The quantitative estimate of drug-likeness (QED) is 0.0599. The van der Waals surface area contributed by atoms with Crippen molar-refractivity contribution in [3.63, 3.8) is 0 Å². The molecule has 8 aromatic rings. The highest BCUT2D eigenvalue weighted by Crippen LogP contribution is 2.42. The molecule has 0 saturated heterocycles. The molecule has 4 nitrogen and oxygen atoms in total. The summed E-state index contributed by atoms with van der Waals surface area (Å²) in [5.74, 6) is 3.37. The van der Waals surface area contributed by atoms with Gasteiger partial charge in [0.1, 0.15) is 49.4 Å². The predicted octanol–water partition coefficient (Wildman–Crippen LogP) is 14.1. The maximum Gasteiger partial charge on any atom is 0.119 e. The fourth-order valence-corrected chi connectivity index (χ4v) is 12.8. The molecule has 6 heteroatoms. The minimum Gasteiger partial charge on any atom is -0.489 e. The van der Waals surface area contributed by atoms with Crippen molar-refractivity contribution in [3.8, 4) is 23.0 Å². The molecule has 0 aliphatic rings. The van der Waals surface area contributed by atoms with E-state index in [4.69, 9.17) is 18.9 Å². The van der Waals surface area contributed by atoms with Gasteiger partial charge in [0.2, 0.25) is 0 Å². The van der Waals surface area contributed by atoms with Crippen molar-refractivity contribution in [2.45, 2.75) is 26.4 Å². The van der Waals surface area contributed by atoms with Gasteiger partial charge in [-0.2, -0.15) is 0 Å². The second kappa shape index (κ2) is 24.0. The van der Waals surface area contributed by atoms with Gasteiger partial charge < -0.3 is 18.9 Å². The Morgan fingerprint density at radius 2 is 0.456 bits per heavy atom. The van der Waals surface area contributed by atoms with Crippen LogP contribution in [0.1, 0.15) is 44.5 Å². The van der Waals surface area contributed by atoms with E-state index in [1.165, 1.54) is 21.2 Å². The molecule has 0 radical (unpaired) electrons. The summed E-state index contributed by atoms with van der Waals surface area (Å²) in [5, 5.41) is 5.18. The molecule has 0 aliphatic carbocycles. The minimum absolute atomic E-state index is 0.495. The first-order valence-electron chi connectivity index (χ1n) is 22.8. The minimum atomic E-state index is -0.765. The van der Waals surface area contributed by atoms with E-state index in [2.05, 4.69) is 220 Å². The van der Waals surface area contributed by atoms with Crippen LogP contribution in [-0.2, 0) is 26.4 Å². The topological polar surface area (TPSA) is 36.9 Å². The standard InChI is InChI=1S/C62H56O4P2/c1-5-47-9-17-51(18-10-47)43-63-55-25-33-59(34-26-55)67(60-35-27-56(28-36-60)64-44-52-19-11-48(6-2)12-20-52)41-42-68(61-37-29-57(30-38-61)65-45-53-21-13-49(7-3)14-22-53)62-39-31-58(32-40-62)66-46-54-23-15-50(8-4)16-24-54/h5-40H,1-4,41-46H2. The van der Waals surface area contributed by atoms with Gasteiger partial charge in [0.05, 0.1) is 0 Å². The third kappa shape index (κ3) is 13.2. The molecule has 8 aromatic carbocycles. The zero-order chi connectivity index (χ0) is 46.9. The summed E-state index contributed by atoms with van der Waals surface area (Å²) in [6, 6.07) is 68.1. The van der Waals surface area contributed by atoms with E-state index < -0.39 is 15.8 Å². The van der Waals surface area contributed by atoms with Gasteiger partial charge in [0, 0.05) is 0 Å². The van der Waals surface area contributed by atoms with Crippen molar-refractivity contribution in [1.82, 2.24) is 0 Å². The van der Waals surface area contributed by atoms with Crippen LogP contribution in [0.5, 0.6) is 23.0 Å². The number of rotatable bonds is 23. The molecule has 0 N–H and O–H groups in total. The predicted molar refractivity (Wildman–Crippen MR) is 291 cm³/mol. The fraction of sp³-hybridized carbons (Fsp3) is 0.0968. The van der Waals surface area contributed by atoms with Crippen LogP contribution in [0.2, 0.25) is 0 Å². The van der Waals surface area contributed by atoms with Crippen molar-refractivity contribution in [1.29, 1.82) is 0 Å². The van der Waals surface area contributed by atoms with E-state index in [0.717, 1.165) is 79.8 Å². The average Bonchev–Trinajstić information content (AvgIpc) is 3.41. The lowest BCUT2D eigenvalue weighted by Gasteiger charge is -2.24. The lowest BCUT2D eigenvalue weighted by Crippen LogP contribution is -2.20. The van der Waals surface area contributed by atoms with Gasteiger partial charge in [-0.25, -0.2) is 0 Å². The number of benzene rings is 8. The van der Waals surface area contributed by atoms with Gasteiger partial charge in [-0.1, -0.05) is 196 Å². The third-order valence-electron chi connectivity index (χ3n) is 11.6. The van der Waals surface area contributed by atoms with Gasteiger partial charge in [-0.05, 0) is 142 Å². The molecule has 0 spiro atoms. The largest absolute Gasteiger partial charge is 0.489 e. The molecule has 0 aliphatic heterocycles. The molecule has 0 unspecified atom stereocenters. The number of ether oxygens (including phenoxy) is 4. The molecule has 68 heavy (non-hydrogen) atoms. The summed E-state index contributed by atoms with van der Waals surface area (Å²) < 4.78 is 25.1. The molecule has 0 heterocycles. The van der Waals surface area contributed by atoms with Crippen molar-refractivity contribution in [2.24, 2.45) is 0 Å². The van der Waals surface area contributed by atoms with E-state index in [-0.39, 0.29) is 0 Å². The summed E-state index contributed by atoms with van der Waals surface area (Å²) in [6.45, 7) is 17.5. The molecule has 0 aromatic heterocycles. The molecule has 0 saturated carbocycles. The molecule has 8 rings (SSSR count). The lowest BCUT2D eigenvalue weighted by molar-refractivity contribution is 0.306. The van der Waals surface area contributed by atoms with Crippen LogP contribution >= 0.6 is 15.8 Å². The van der Waals surface area contributed by atoms with E-state index >= 15 is 0 Å². The zero-order valence-electron chi connectivity index (χ0n) is 38.4. The second-order valence-corrected chi connectivity index (χ2v) is 20.9. The van der Waals surface area contributed by atoms with Crippen LogP contribution in [0.4, 0.5) is 0 Å². The molecule has 0 fully saturated rings. The van der Waals surface area contributed by atoms with Gasteiger partial charge in [0.25, 0.3) is 0 Å². The molecular weight excluding hydrogens is 871 g/mol. The summed E-state index contributed by atoms with van der Waals surface area (Å²) in [4.78, 5) is 0. The molecule has 0 bridgehead atoms.